The van der Waals surface area contributed by atoms with Crippen molar-refractivity contribution >= 4 is 44.9 Å². The number of carbonyl (C=O) groups is 1. The van der Waals surface area contributed by atoms with Gasteiger partial charge in [-0.1, -0.05) is 27.5 Å². The first-order chi connectivity index (χ1) is 7.09. The van der Waals surface area contributed by atoms with Crippen LogP contribution in [-0.2, 0) is 4.79 Å². The second kappa shape index (κ2) is 3.94. The topological polar surface area (TPSA) is 72.1 Å². The van der Waals surface area contributed by atoms with Gasteiger partial charge in [0.15, 0.2) is 11.0 Å². The fraction of sp³-hybridized carbons (Fsp3) is 0.375. The van der Waals surface area contributed by atoms with Gasteiger partial charge in [0.2, 0.25) is 5.91 Å². The summed E-state index contributed by atoms with van der Waals surface area (Å²) in [5, 5.41) is 0.172. The molecule has 1 unspecified atom stereocenters. The van der Waals surface area contributed by atoms with Gasteiger partial charge in [-0.2, -0.15) is 0 Å². The highest BCUT2D eigenvalue weighted by atomic mass is 79.9. The summed E-state index contributed by atoms with van der Waals surface area (Å²) in [7, 11) is 0. The molecule has 0 radical (unpaired) electrons. The number of nitrogen functional groups attached to an aromatic ring is 1. The maximum atomic E-state index is 11.6. The number of nitrogens with zero attached hydrogens (tertiary/aromatic N) is 3. The van der Waals surface area contributed by atoms with Gasteiger partial charge in [0, 0.05) is 17.8 Å². The van der Waals surface area contributed by atoms with Gasteiger partial charge in [-0.05, 0) is 0 Å². The molecule has 1 aliphatic rings. The van der Waals surface area contributed by atoms with E-state index in [9.17, 15) is 4.79 Å². The standard InChI is InChI=1S/C8H8BrClN4O/c9-4-1-5(15)14(2-4)8-6(11)7(10)12-3-13-8/h3-4H,1-2,11H2. The predicted octanol–water partition coefficient (Wildman–Crippen LogP) is 1.21. The number of nitrogens with two attached hydrogens (primary N) is 1. The molecule has 0 aromatic carbocycles. The number of amides is 1. The third-order valence-electron chi connectivity index (χ3n) is 2.15. The molecule has 1 atom stereocenters. The molecular weight excluding hydrogens is 283 g/mol. The number of hydrogen-bond donors (Lipinski definition) is 1. The van der Waals surface area contributed by atoms with E-state index >= 15 is 0 Å². The first kappa shape index (κ1) is 10.6. The monoisotopic (exact) mass is 290 g/mol. The molecule has 0 bridgehead atoms. The van der Waals surface area contributed by atoms with E-state index in [2.05, 4.69) is 25.9 Å². The summed E-state index contributed by atoms with van der Waals surface area (Å²) in [6.45, 7) is 0.552. The van der Waals surface area contributed by atoms with Gasteiger partial charge in [0.05, 0.1) is 0 Å². The van der Waals surface area contributed by atoms with Crippen LogP contribution in [0.2, 0.25) is 5.15 Å². The number of halogens is 2. The van der Waals surface area contributed by atoms with Crippen LogP contribution in [0.1, 0.15) is 6.42 Å². The Morgan fingerprint density at radius 1 is 1.60 bits per heavy atom. The van der Waals surface area contributed by atoms with Crippen molar-refractivity contribution in [3.05, 3.63) is 11.5 Å². The van der Waals surface area contributed by atoms with E-state index in [1.165, 1.54) is 11.2 Å². The number of alkyl halides is 1. The molecule has 1 aliphatic heterocycles. The van der Waals surface area contributed by atoms with Crippen molar-refractivity contribution in [3.8, 4) is 0 Å². The highest BCUT2D eigenvalue weighted by Crippen LogP contribution is 2.30. The Morgan fingerprint density at radius 3 is 2.93 bits per heavy atom. The van der Waals surface area contributed by atoms with Crippen LogP contribution in [0.5, 0.6) is 0 Å². The molecule has 1 amide bonds. The van der Waals surface area contributed by atoms with Crippen LogP contribution in [0.15, 0.2) is 6.33 Å². The number of anilines is 2. The van der Waals surface area contributed by atoms with Crippen LogP contribution < -0.4 is 10.6 Å². The zero-order valence-corrected chi connectivity index (χ0v) is 9.99. The van der Waals surface area contributed by atoms with Crippen LogP contribution >= 0.6 is 27.5 Å². The zero-order valence-electron chi connectivity index (χ0n) is 7.65. The van der Waals surface area contributed by atoms with Crippen LogP contribution in [-0.4, -0.2) is 27.2 Å². The molecule has 80 valence electrons. The highest BCUT2D eigenvalue weighted by molar-refractivity contribution is 9.09. The molecular formula is C8H8BrClN4O. The third kappa shape index (κ3) is 1.91. The van der Waals surface area contributed by atoms with Crippen molar-refractivity contribution in [2.75, 3.05) is 17.2 Å². The molecule has 15 heavy (non-hydrogen) atoms. The lowest BCUT2D eigenvalue weighted by molar-refractivity contribution is -0.117. The number of aromatic nitrogens is 2. The number of carbonyl (C=O) groups excluding carboxylic acids is 1. The normalized spacial score (nSPS) is 21.1. The van der Waals surface area contributed by atoms with Gasteiger partial charge < -0.3 is 5.73 Å². The molecule has 2 N–H and O–H groups in total. The van der Waals surface area contributed by atoms with E-state index in [1.807, 2.05) is 0 Å². The summed E-state index contributed by atoms with van der Waals surface area (Å²) in [6.07, 6.45) is 1.74. The second-order valence-corrected chi connectivity index (χ2v) is 4.86. The number of rotatable bonds is 1. The van der Waals surface area contributed by atoms with Gasteiger partial charge >= 0.3 is 0 Å². The summed E-state index contributed by atoms with van der Waals surface area (Å²) >= 11 is 9.13. The van der Waals surface area contributed by atoms with Crippen LogP contribution in [0.3, 0.4) is 0 Å². The van der Waals surface area contributed by atoms with E-state index in [0.717, 1.165) is 0 Å². The second-order valence-electron chi connectivity index (χ2n) is 3.21. The maximum Gasteiger partial charge on any atom is 0.229 e. The molecule has 1 aromatic rings. The van der Waals surface area contributed by atoms with E-state index in [0.29, 0.717) is 18.8 Å². The van der Waals surface area contributed by atoms with Crippen LogP contribution in [0.4, 0.5) is 11.5 Å². The minimum Gasteiger partial charge on any atom is -0.393 e. The van der Waals surface area contributed by atoms with E-state index in [1.54, 1.807) is 0 Å². The van der Waals surface area contributed by atoms with Gasteiger partial charge in [-0.3, -0.25) is 9.69 Å². The van der Waals surface area contributed by atoms with Crippen LogP contribution in [0, 0.1) is 0 Å². The maximum absolute atomic E-state index is 11.6. The van der Waals surface area contributed by atoms with Crippen molar-refractivity contribution in [1.82, 2.24) is 9.97 Å². The van der Waals surface area contributed by atoms with Crippen molar-refractivity contribution in [2.24, 2.45) is 0 Å². The van der Waals surface area contributed by atoms with E-state index < -0.39 is 0 Å². The number of hydrogen-bond acceptors (Lipinski definition) is 4. The van der Waals surface area contributed by atoms with Gasteiger partial charge in [-0.25, -0.2) is 9.97 Å². The van der Waals surface area contributed by atoms with Gasteiger partial charge in [-0.15, -0.1) is 0 Å². The summed E-state index contributed by atoms with van der Waals surface area (Å²) in [5.41, 5.74) is 5.95. The zero-order chi connectivity index (χ0) is 11.0. The quantitative estimate of drug-likeness (QED) is 0.623. The van der Waals surface area contributed by atoms with Crippen molar-refractivity contribution in [1.29, 1.82) is 0 Å². The lowest BCUT2D eigenvalue weighted by Gasteiger charge is -2.16. The molecule has 0 saturated carbocycles. The molecule has 1 fully saturated rings. The molecule has 1 aromatic heterocycles. The first-order valence-corrected chi connectivity index (χ1v) is 5.59. The fourth-order valence-corrected chi connectivity index (χ4v) is 2.14. The average Bonchev–Trinajstić information content (AvgIpc) is 2.50. The Hall–Kier alpha value is -0.880. The van der Waals surface area contributed by atoms with E-state index in [4.69, 9.17) is 17.3 Å². The molecule has 1 saturated heterocycles. The van der Waals surface area contributed by atoms with E-state index in [-0.39, 0.29) is 21.6 Å². The van der Waals surface area contributed by atoms with Crippen molar-refractivity contribution in [3.63, 3.8) is 0 Å². The lowest BCUT2D eigenvalue weighted by atomic mass is 10.4. The largest absolute Gasteiger partial charge is 0.393 e. The van der Waals surface area contributed by atoms with Gasteiger partial charge in [0.25, 0.3) is 0 Å². The molecule has 0 spiro atoms. The highest BCUT2D eigenvalue weighted by Gasteiger charge is 2.31. The summed E-state index contributed by atoms with van der Waals surface area (Å²) in [5.74, 6) is 0.375. The molecule has 2 rings (SSSR count). The molecule has 2 heterocycles. The fourth-order valence-electron chi connectivity index (χ4n) is 1.45. The smallest absolute Gasteiger partial charge is 0.229 e. The SMILES string of the molecule is Nc1c(Cl)ncnc1N1CC(Br)CC1=O. The minimum atomic E-state index is -0.0154. The Balaban J connectivity index is 2.38. The Bertz CT molecular complexity index is 414. The first-order valence-electron chi connectivity index (χ1n) is 4.30. The Labute approximate surface area is 99.8 Å². The summed E-state index contributed by atoms with van der Waals surface area (Å²) in [6, 6.07) is 0. The molecule has 7 heteroatoms. The molecule has 5 nitrogen and oxygen atoms in total. The third-order valence-corrected chi connectivity index (χ3v) is 3.06. The summed E-state index contributed by atoms with van der Waals surface area (Å²) < 4.78 is 0. The Morgan fingerprint density at radius 2 is 2.33 bits per heavy atom. The lowest BCUT2D eigenvalue weighted by Crippen LogP contribution is -2.26. The van der Waals surface area contributed by atoms with Crippen molar-refractivity contribution < 1.29 is 4.79 Å². The van der Waals surface area contributed by atoms with Gasteiger partial charge in [0.1, 0.15) is 12.0 Å². The summed E-state index contributed by atoms with van der Waals surface area (Å²) in [4.78, 5) is 20.9. The Kier molecular flexibility index (Phi) is 2.79. The molecule has 0 aliphatic carbocycles. The minimum absolute atomic E-state index is 0.0154. The van der Waals surface area contributed by atoms with Crippen LogP contribution in [0.25, 0.3) is 0 Å². The van der Waals surface area contributed by atoms with Crippen molar-refractivity contribution in [2.45, 2.75) is 11.2 Å². The predicted molar refractivity (Wildman–Crippen MR) is 61.1 cm³/mol. The average molecular weight is 292 g/mol.